The predicted molar refractivity (Wildman–Crippen MR) is 54.5 cm³/mol. The van der Waals surface area contributed by atoms with Crippen LogP contribution in [0.4, 0.5) is 0 Å². The summed E-state index contributed by atoms with van der Waals surface area (Å²) >= 11 is 6.16. The topological polar surface area (TPSA) is 20.2 Å². The van der Waals surface area contributed by atoms with Gasteiger partial charge in [-0.1, -0.05) is 31.5 Å². The zero-order chi connectivity index (χ0) is 9.64. The lowest BCUT2D eigenvalue weighted by atomic mass is 9.80. The first-order valence-corrected chi connectivity index (χ1v) is 5.43. The molecule has 2 bridgehead atoms. The van der Waals surface area contributed by atoms with Crippen molar-refractivity contribution in [1.29, 1.82) is 0 Å². The van der Waals surface area contributed by atoms with Gasteiger partial charge in [0, 0.05) is 11.6 Å². The van der Waals surface area contributed by atoms with Crippen LogP contribution < -0.4 is 0 Å². The van der Waals surface area contributed by atoms with Crippen LogP contribution in [0, 0.1) is 23.2 Å². The Morgan fingerprint density at radius 3 is 3.00 bits per heavy atom. The first-order chi connectivity index (χ1) is 6.07. The van der Waals surface area contributed by atoms with E-state index in [0.717, 1.165) is 11.5 Å². The fourth-order valence-electron chi connectivity index (χ4n) is 2.85. The summed E-state index contributed by atoms with van der Waals surface area (Å²) in [7, 11) is 0. The van der Waals surface area contributed by atoms with Gasteiger partial charge in [0.1, 0.15) is 0 Å². The van der Waals surface area contributed by atoms with Crippen molar-refractivity contribution >= 4 is 11.6 Å². The van der Waals surface area contributed by atoms with Gasteiger partial charge in [0.05, 0.1) is 0 Å². The van der Waals surface area contributed by atoms with E-state index in [1.807, 2.05) is 0 Å². The van der Waals surface area contributed by atoms with Gasteiger partial charge in [0.2, 0.25) is 0 Å². The van der Waals surface area contributed by atoms with Gasteiger partial charge in [-0.2, -0.15) is 0 Å². The van der Waals surface area contributed by atoms with Crippen LogP contribution in [-0.4, -0.2) is 11.7 Å². The molecule has 0 aromatic carbocycles. The van der Waals surface area contributed by atoms with Crippen LogP contribution in [0.5, 0.6) is 0 Å². The van der Waals surface area contributed by atoms with E-state index in [1.165, 1.54) is 6.42 Å². The SMILES string of the molecule is C[C@H]1C(Cl)=C[C@H]2C[C@@H]1C[C@@]2(C)CO. The number of aliphatic hydroxyl groups excluding tert-OH is 1. The fourth-order valence-corrected chi connectivity index (χ4v) is 3.18. The van der Waals surface area contributed by atoms with Gasteiger partial charge in [-0.3, -0.25) is 0 Å². The van der Waals surface area contributed by atoms with E-state index in [0.29, 0.717) is 24.4 Å². The first-order valence-electron chi connectivity index (χ1n) is 5.05. The van der Waals surface area contributed by atoms with E-state index in [2.05, 4.69) is 19.9 Å². The molecule has 0 saturated heterocycles. The number of hydrogen-bond donors (Lipinski definition) is 1. The smallest absolute Gasteiger partial charge is 0.0490 e. The van der Waals surface area contributed by atoms with Crippen molar-refractivity contribution < 1.29 is 5.11 Å². The molecule has 1 fully saturated rings. The van der Waals surface area contributed by atoms with Crippen molar-refractivity contribution in [3.05, 3.63) is 11.1 Å². The summed E-state index contributed by atoms with van der Waals surface area (Å²) in [6.07, 6.45) is 4.52. The highest BCUT2D eigenvalue weighted by Gasteiger charge is 2.47. The molecule has 0 unspecified atom stereocenters. The number of hydrogen-bond acceptors (Lipinski definition) is 1. The van der Waals surface area contributed by atoms with E-state index in [9.17, 15) is 5.11 Å². The molecule has 0 aliphatic heterocycles. The zero-order valence-electron chi connectivity index (χ0n) is 8.26. The lowest BCUT2D eigenvalue weighted by Gasteiger charge is -2.27. The van der Waals surface area contributed by atoms with Crippen LogP contribution in [0.15, 0.2) is 11.1 Å². The zero-order valence-corrected chi connectivity index (χ0v) is 9.01. The molecule has 1 N–H and O–H groups in total. The Balaban J connectivity index is 2.29. The Morgan fingerprint density at radius 2 is 2.38 bits per heavy atom. The molecule has 74 valence electrons. The predicted octanol–water partition coefficient (Wildman–Crippen LogP) is 2.78. The standard InChI is InChI=1S/C11H17ClO/c1-7-8-3-9(4-10(7)12)11(2,5-8)6-13/h4,7-9,13H,3,5-6H2,1-2H3/t7-,8-,9-,11+/m1/s1. The molecule has 2 aliphatic carbocycles. The summed E-state index contributed by atoms with van der Waals surface area (Å²) in [6, 6.07) is 0. The van der Waals surface area contributed by atoms with Crippen molar-refractivity contribution in [1.82, 2.24) is 0 Å². The summed E-state index contributed by atoms with van der Waals surface area (Å²) in [5, 5.41) is 10.4. The summed E-state index contributed by atoms with van der Waals surface area (Å²) in [5.41, 5.74) is 0.0928. The van der Waals surface area contributed by atoms with Gasteiger partial charge in [0.15, 0.2) is 0 Å². The maximum atomic E-state index is 9.37. The van der Waals surface area contributed by atoms with E-state index in [4.69, 9.17) is 11.6 Å². The second kappa shape index (κ2) is 2.99. The maximum absolute atomic E-state index is 9.37. The molecule has 0 aromatic heterocycles. The quantitative estimate of drug-likeness (QED) is 0.690. The van der Waals surface area contributed by atoms with Gasteiger partial charge in [-0.15, -0.1) is 0 Å². The molecule has 2 aliphatic rings. The average molecular weight is 201 g/mol. The van der Waals surface area contributed by atoms with E-state index < -0.39 is 0 Å². The monoisotopic (exact) mass is 200 g/mol. The summed E-state index contributed by atoms with van der Waals surface area (Å²) in [5.74, 6) is 1.71. The fraction of sp³-hybridized carbons (Fsp3) is 0.818. The Hall–Kier alpha value is -0.0100. The minimum atomic E-state index is 0.0928. The molecular weight excluding hydrogens is 184 g/mol. The Morgan fingerprint density at radius 1 is 1.69 bits per heavy atom. The first kappa shape index (κ1) is 9.54. The molecule has 2 heteroatoms. The third-order valence-electron chi connectivity index (χ3n) is 4.04. The minimum Gasteiger partial charge on any atom is -0.396 e. The van der Waals surface area contributed by atoms with Gasteiger partial charge < -0.3 is 5.11 Å². The lowest BCUT2D eigenvalue weighted by Crippen LogP contribution is -2.24. The highest BCUT2D eigenvalue weighted by molar-refractivity contribution is 6.29. The van der Waals surface area contributed by atoms with E-state index in [1.54, 1.807) is 0 Å². The van der Waals surface area contributed by atoms with Crippen molar-refractivity contribution in [3.8, 4) is 0 Å². The van der Waals surface area contributed by atoms with E-state index >= 15 is 0 Å². The largest absolute Gasteiger partial charge is 0.396 e. The molecule has 0 spiro atoms. The maximum Gasteiger partial charge on any atom is 0.0490 e. The highest BCUT2D eigenvalue weighted by atomic mass is 35.5. The molecule has 0 aromatic rings. The summed E-state index contributed by atoms with van der Waals surface area (Å²) in [4.78, 5) is 0. The van der Waals surface area contributed by atoms with Crippen LogP contribution >= 0.6 is 11.6 Å². The molecule has 0 heterocycles. The van der Waals surface area contributed by atoms with E-state index in [-0.39, 0.29) is 5.41 Å². The highest BCUT2D eigenvalue weighted by Crippen LogP contribution is 2.54. The van der Waals surface area contributed by atoms with Crippen LogP contribution in [-0.2, 0) is 0 Å². The van der Waals surface area contributed by atoms with Crippen LogP contribution in [0.25, 0.3) is 0 Å². The van der Waals surface area contributed by atoms with Gasteiger partial charge in [0.25, 0.3) is 0 Å². The second-order valence-electron chi connectivity index (χ2n) is 4.96. The average Bonchev–Trinajstić information content (AvgIpc) is 2.39. The number of rotatable bonds is 1. The molecule has 4 atom stereocenters. The third-order valence-corrected chi connectivity index (χ3v) is 4.51. The number of allylic oxidation sites excluding steroid dienone is 2. The van der Waals surface area contributed by atoms with Crippen LogP contribution in [0.3, 0.4) is 0 Å². The Kier molecular flexibility index (Phi) is 2.20. The molecule has 1 saturated carbocycles. The van der Waals surface area contributed by atoms with Crippen LogP contribution in [0.2, 0.25) is 0 Å². The molecule has 0 amide bonds. The minimum absolute atomic E-state index is 0.0928. The normalized spacial score (nSPS) is 49.2. The van der Waals surface area contributed by atoms with Crippen molar-refractivity contribution in [2.75, 3.05) is 6.61 Å². The third kappa shape index (κ3) is 1.33. The number of fused-ring (bicyclic) bond motifs is 2. The second-order valence-corrected chi connectivity index (χ2v) is 5.40. The van der Waals surface area contributed by atoms with Crippen molar-refractivity contribution in [2.45, 2.75) is 26.7 Å². The molecule has 1 nitrogen and oxygen atoms in total. The van der Waals surface area contributed by atoms with Crippen LogP contribution in [0.1, 0.15) is 26.7 Å². The van der Waals surface area contributed by atoms with Gasteiger partial charge in [-0.05, 0) is 36.0 Å². The summed E-state index contributed by atoms with van der Waals surface area (Å²) < 4.78 is 0. The molecule has 0 radical (unpaired) electrons. The molecule has 2 rings (SSSR count). The summed E-state index contributed by atoms with van der Waals surface area (Å²) in [6.45, 7) is 4.67. The van der Waals surface area contributed by atoms with Gasteiger partial charge >= 0.3 is 0 Å². The lowest BCUT2D eigenvalue weighted by molar-refractivity contribution is 0.119. The molecular formula is C11H17ClO. The Labute approximate surface area is 84.8 Å². The van der Waals surface area contributed by atoms with Crippen molar-refractivity contribution in [2.24, 2.45) is 23.2 Å². The number of aliphatic hydroxyl groups is 1. The number of halogens is 1. The molecule has 13 heavy (non-hydrogen) atoms. The Bertz CT molecular complexity index is 248. The van der Waals surface area contributed by atoms with Gasteiger partial charge in [-0.25, -0.2) is 0 Å². The van der Waals surface area contributed by atoms with Crippen molar-refractivity contribution in [3.63, 3.8) is 0 Å².